The van der Waals surface area contributed by atoms with Gasteiger partial charge in [0.15, 0.2) is 11.0 Å². The molecule has 0 aliphatic rings. The van der Waals surface area contributed by atoms with Crippen LogP contribution in [0.1, 0.15) is 25.8 Å². The minimum atomic E-state index is 0.00529. The smallest absolute Gasteiger partial charge is 0.224 e. The second kappa shape index (κ2) is 9.19. The van der Waals surface area contributed by atoms with Crippen LogP contribution < -0.4 is 5.32 Å². The molecule has 0 bridgehead atoms. The number of hydrogen-bond acceptors (Lipinski definition) is 4. The van der Waals surface area contributed by atoms with Gasteiger partial charge in [-0.05, 0) is 48.9 Å². The van der Waals surface area contributed by atoms with E-state index in [1.54, 1.807) is 11.8 Å². The van der Waals surface area contributed by atoms with Crippen LogP contribution in [0, 0.1) is 0 Å². The number of aromatic nitrogens is 3. The molecule has 0 unspecified atom stereocenters. The van der Waals surface area contributed by atoms with Crippen LogP contribution in [0.3, 0.4) is 0 Å². The third-order valence-electron chi connectivity index (χ3n) is 4.04. The fraction of sp³-hybridized carbons (Fsp3) is 0.250. The molecule has 0 atom stereocenters. The first-order chi connectivity index (χ1) is 13.1. The van der Waals surface area contributed by atoms with Gasteiger partial charge in [-0.2, -0.15) is 0 Å². The van der Waals surface area contributed by atoms with Crippen molar-refractivity contribution in [2.45, 2.75) is 37.7 Å². The van der Waals surface area contributed by atoms with Crippen LogP contribution in [-0.4, -0.2) is 20.7 Å². The van der Waals surface area contributed by atoms with E-state index in [1.807, 2.05) is 43.3 Å². The summed E-state index contributed by atoms with van der Waals surface area (Å²) < 4.78 is 3.19. The molecule has 0 radical (unpaired) electrons. The Hall–Kier alpha value is -2.12. The number of nitrogens with one attached hydrogen (secondary N) is 1. The summed E-state index contributed by atoms with van der Waals surface area (Å²) >= 11 is 5.18. The SMILES string of the molecule is CCC(=O)Nc1ccc(-c2nnc(SCc3cccc(Br)c3)n2CC)cc1. The van der Waals surface area contributed by atoms with Crippen molar-refractivity contribution in [3.8, 4) is 11.4 Å². The van der Waals surface area contributed by atoms with Crippen LogP contribution in [0.5, 0.6) is 0 Å². The molecule has 0 aliphatic heterocycles. The average molecular weight is 445 g/mol. The molecule has 140 valence electrons. The molecule has 27 heavy (non-hydrogen) atoms. The van der Waals surface area contributed by atoms with Crippen molar-refractivity contribution in [2.75, 3.05) is 5.32 Å². The molecule has 3 rings (SSSR count). The Labute approximate surface area is 171 Å². The first kappa shape index (κ1) is 19.6. The lowest BCUT2D eigenvalue weighted by atomic mass is 10.2. The number of carbonyl (C=O) groups excluding carboxylic acids is 1. The highest BCUT2D eigenvalue weighted by atomic mass is 79.9. The van der Waals surface area contributed by atoms with Gasteiger partial charge in [0.2, 0.25) is 5.91 Å². The number of benzene rings is 2. The summed E-state index contributed by atoms with van der Waals surface area (Å²) in [7, 11) is 0. The molecule has 1 aromatic heterocycles. The van der Waals surface area contributed by atoms with E-state index >= 15 is 0 Å². The second-order valence-electron chi connectivity index (χ2n) is 5.95. The highest BCUT2D eigenvalue weighted by molar-refractivity contribution is 9.10. The molecule has 2 aromatic carbocycles. The molecule has 1 heterocycles. The Morgan fingerprint density at radius 3 is 2.59 bits per heavy atom. The van der Waals surface area contributed by atoms with E-state index in [2.05, 4.69) is 55.1 Å². The number of hydrogen-bond donors (Lipinski definition) is 1. The topological polar surface area (TPSA) is 59.8 Å². The minimum absolute atomic E-state index is 0.00529. The van der Waals surface area contributed by atoms with Gasteiger partial charge in [0.1, 0.15) is 0 Å². The lowest BCUT2D eigenvalue weighted by molar-refractivity contribution is -0.115. The van der Waals surface area contributed by atoms with Gasteiger partial charge in [0.25, 0.3) is 0 Å². The summed E-state index contributed by atoms with van der Waals surface area (Å²) in [4.78, 5) is 11.5. The molecular formula is C20H21BrN4OS. The summed E-state index contributed by atoms with van der Waals surface area (Å²) in [6.07, 6.45) is 0.463. The van der Waals surface area contributed by atoms with Gasteiger partial charge in [0, 0.05) is 34.4 Å². The quantitative estimate of drug-likeness (QED) is 0.497. The number of carbonyl (C=O) groups is 1. The van der Waals surface area contributed by atoms with Gasteiger partial charge in [-0.1, -0.05) is 46.7 Å². The number of anilines is 1. The number of thioether (sulfide) groups is 1. The fourth-order valence-electron chi connectivity index (χ4n) is 2.62. The summed E-state index contributed by atoms with van der Waals surface area (Å²) in [6.45, 7) is 4.71. The summed E-state index contributed by atoms with van der Waals surface area (Å²) in [5.74, 6) is 1.67. The van der Waals surface area contributed by atoms with E-state index in [4.69, 9.17) is 0 Å². The van der Waals surface area contributed by atoms with Crippen molar-refractivity contribution in [2.24, 2.45) is 0 Å². The van der Waals surface area contributed by atoms with E-state index < -0.39 is 0 Å². The Morgan fingerprint density at radius 2 is 1.93 bits per heavy atom. The van der Waals surface area contributed by atoms with E-state index in [0.29, 0.717) is 6.42 Å². The predicted molar refractivity (Wildman–Crippen MR) is 114 cm³/mol. The summed E-state index contributed by atoms with van der Waals surface area (Å²) in [5.41, 5.74) is 3.00. The van der Waals surface area contributed by atoms with Crippen molar-refractivity contribution in [1.82, 2.24) is 14.8 Å². The zero-order valence-corrected chi connectivity index (χ0v) is 17.7. The van der Waals surface area contributed by atoms with Crippen LogP contribution >= 0.6 is 27.7 Å². The number of amides is 1. The number of rotatable bonds is 7. The van der Waals surface area contributed by atoms with Gasteiger partial charge in [-0.3, -0.25) is 4.79 Å². The van der Waals surface area contributed by atoms with Gasteiger partial charge in [0.05, 0.1) is 0 Å². The highest BCUT2D eigenvalue weighted by Crippen LogP contribution is 2.27. The first-order valence-corrected chi connectivity index (χ1v) is 10.6. The highest BCUT2D eigenvalue weighted by Gasteiger charge is 2.13. The maximum atomic E-state index is 11.5. The van der Waals surface area contributed by atoms with Crippen molar-refractivity contribution in [3.05, 3.63) is 58.6 Å². The molecule has 1 amide bonds. The normalized spacial score (nSPS) is 10.8. The Balaban J connectivity index is 1.76. The number of nitrogens with zero attached hydrogens (tertiary/aromatic N) is 3. The van der Waals surface area contributed by atoms with Crippen LogP contribution in [0.25, 0.3) is 11.4 Å². The largest absolute Gasteiger partial charge is 0.326 e. The molecule has 1 N–H and O–H groups in total. The van der Waals surface area contributed by atoms with Crippen molar-refractivity contribution < 1.29 is 4.79 Å². The Bertz CT molecular complexity index is 924. The Morgan fingerprint density at radius 1 is 1.15 bits per heavy atom. The summed E-state index contributed by atoms with van der Waals surface area (Å²) in [6, 6.07) is 16.0. The molecule has 0 saturated heterocycles. The lowest BCUT2D eigenvalue weighted by Crippen LogP contribution is -2.09. The lowest BCUT2D eigenvalue weighted by Gasteiger charge is -2.09. The molecule has 3 aromatic rings. The van der Waals surface area contributed by atoms with Gasteiger partial charge in [-0.15, -0.1) is 10.2 Å². The van der Waals surface area contributed by atoms with Crippen LogP contribution in [0.15, 0.2) is 58.2 Å². The van der Waals surface area contributed by atoms with Gasteiger partial charge in [-0.25, -0.2) is 0 Å². The van der Waals surface area contributed by atoms with Crippen LogP contribution in [0.2, 0.25) is 0 Å². The van der Waals surface area contributed by atoms with E-state index in [9.17, 15) is 4.79 Å². The third-order valence-corrected chi connectivity index (χ3v) is 5.57. The third kappa shape index (κ3) is 4.99. The molecular weight excluding hydrogens is 424 g/mol. The van der Waals surface area contributed by atoms with E-state index in [0.717, 1.165) is 39.0 Å². The average Bonchev–Trinajstić information content (AvgIpc) is 3.10. The zero-order chi connectivity index (χ0) is 19.2. The van der Waals surface area contributed by atoms with E-state index in [1.165, 1.54) is 5.56 Å². The maximum absolute atomic E-state index is 11.5. The molecule has 0 aliphatic carbocycles. The fourth-order valence-corrected chi connectivity index (χ4v) is 4.01. The van der Waals surface area contributed by atoms with Crippen LogP contribution in [-0.2, 0) is 17.1 Å². The first-order valence-electron chi connectivity index (χ1n) is 8.81. The van der Waals surface area contributed by atoms with E-state index in [-0.39, 0.29) is 5.91 Å². The minimum Gasteiger partial charge on any atom is -0.326 e. The van der Waals surface area contributed by atoms with Crippen molar-refractivity contribution >= 4 is 39.3 Å². The monoisotopic (exact) mass is 444 g/mol. The van der Waals surface area contributed by atoms with Crippen molar-refractivity contribution in [1.29, 1.82) is 0 Å². The standard InChI is InChI=1S/C20H21BrN4OS/c1-3-18(26)22-17-10-8-15(9-11-17)19-23-24-20(25(19)4-2)27-13-14-6-5-7-16(21)12-14/h5-12H,3-4,13H2,1-2H3,(H,22,26). The van der Waals surface area contributed by atoms with Gasteiger partial charge < -0.3 is 9.88 Å². The Kier molecular flexibility index (Phi) is 6.68. The molecule has 0 spiro atoms. The second-order valence-corrected chi connectivity index (χ2v) is 7.81. The zero-order valence-electron chi connectivity index (χ0n) is 15.3. The molecule has 0 saturated carbocycles. The molecule has 5 nitrogen and oxygen atoms in total. The summed E-state index contributed by atoms with van der Waals surface area (Å²) in [5, 5.41) is 12.5. The number of halogens is 1. The van der Waals surface area contributed by atoms with Crippen LogP contribution in [0.4, 0.5) is 5.69 Å². The molecule has 0 fully saturated rings. The predicted octanol–water partition coefficient (Wildman–Crippen LogP) is 5.37. The van der Waals surface area contributed by atoms with Crippen molar-refractivity contribution in [3.63, 3.8) is 0 Å². The molecule has 7 heteroatoms. The maximum Gasteiger partial charge on any atom is 0.224 e. The van der Waals surface area contributed by atoms with Gasteiger partial charge >= 0.3 is 0 Å².